The molecule has 0 radical (unpaired) electrons. The van der Waals surface area contributed by atoms with Gasteiger partial charge in [0.15, 0.2) is 0 Å². The van der Waals surface area contributed by atoms with Crippen LogP contribution in [0.4, 0.5) is 10.5 Å². The molecule has 3 N–H and O–H groups in total. The summed E-state index contributed by atoms with van der Waals surface area (Å²) in [5, 5.41) is 10.0. The lowest BCUT2D eigenvalue weighted by molar-refractivity contribution is -0.176. The molecule has 0 spiro atoms. The van der Waals surface area contributed by atoms with Gasteiger partial charge in [-0.25, -0.2) is 9.80 Å². The van der Waals surface area contributed by atoms with E-state index < -0.39 is 53.6 Å². The number of nitrogens with one attached hydrogen (secondary N) is 3. The normalized spacial score (nSPS) is 18.0. The number of amides is 5. The zero-order chi connectivity index (χ0) is 33.8. The molecule has 0 saturated carbocycles. The number of benzene rings is 2. The molecule has 47 heavy (non-hydrogen) atoms. The largest absolute Gasteiger partial charge is 0.461 e. The zero-order valence-electron chi connectivity index (χ0n) is 25.5. The van der Waals surface area contributed by atoms with Gasteiger partial charge in [0.2, 0.25) is 11.8 Å². The second kappa shape index (κ2) is 16.5. The number of fused-ring (bicyclic) bond motifs is 1. The van der Waals surface area contributed by atoms with Gasteiger partial charge in [-0.3, -0.25) is 29.0 Å². The molecule has 2 saturated heterocycles. The van der Waals surface area contributed by atoms with Crippen molar-refractivity contribution in [2.45, 2.75) is 56.7 Å². The number of ether oxygens (including phenoxy) is 2. The van der Waals surface area contributed by atoms with Crippen LogP contribution in [0.25, 0.3) is 5.53 Å². The van der Waals surface area contributed by atoms with Gasteiger partial charge in [0, 0.05) is 25.1 Å². The topological polar surface area (TPSA) is 200 Å². The molecular formula is C32H35N7O8. The average Bonchev–Trinajstić information content (AvgIpc) is 3.19. The quantitative estimate of drug-likeness (QED) is 0.0969. The number of carbonyl (C=O) groups is 6. The molecule has 246 valence electrons. The third-order valence-electron chi connectivity index (χ3n) is 7.40. The van der Waals surface area contributed by atoms with Crippen LogP contribution >= 0.6 is 0 Å². The van der Waals surface area contributed by atoms with Gasteiger partial charge in [-0.2, -0.15) is 4.79 Å². The van der Waals surface area contributed by atoms with E-state index in [2.05, 4.69) is 27.3 Å². The number of hydrazine groups is 1. The van der Waals surface area contributed by atoms with E-state index in [0.29, 0.717) is 29.8 Å². The summed E-state index contributed by atoms with van der Waals surface area (Å²) in [5.41, 5.74) is 9.29. The van der Waals surface area contributed by atoms with Crippen LogP contribution < -0.4 is 20.7 Å². The summed E-state index contributed by atoms with van der Waals surface area (Å²) >= 11 is 0. The number of urea groups is 1. The van der Waals surface area contributed by atoms with Crippen LogP contribution in [0.1, 0.15) is 38.5 Å². The predicted molar refractivity (Wildman–Crippen MR) is 167 cm³/mol. The third kappa shape index (κ3) is 9.34. The van der Waals surface area contributed by atoms with E-state index in [9.17, 15) is 28.8 Å². The number of nitrogens with zero attached hydrogens (tertiary/aromatic N) is 4. The van der Waals surface area contributed by atoms with Crippen molar-refractivity contribution in [1.29, 1.82) is 0 Å². The number of ketones is 1. The number of Topliss-reactive ketones (excluding diaryl/α,β-unsaturated/α-hetero) is 1. The Labute approximate surface area is 270 Å². The molecule has 2 aliphatic heterocycles. The van der Waals surface area contributed by atoms with Gasteiger partial charge in [-0.15, -0.1) is 0 Å². The van der Waals surface area contributed by atoms with Crippen molar-refractivity contribution >= 4 is 47.4 Å². The lowest BCUT2D eigenvalue weighted by Crippen LogP contribution is -2.64. The molecule has 15 heteroatoms. The Morgan fingerprint density at radius 2 is 1.77 bits per heavy atom. The van der Waals surface area contributed by atoms with Gasteiger partial charge in [-0.05, 0) is 62.1 Å². The summed E-state index contributed by atoms with van der Waals surface area (Å²) in [4.78, 5) is 80.5. The first-order chi connectivity index (χ1) is 22.7. The fraction of sp³-hybridized carbons (Fsp3) is 0.344. The molecule has 2 aromatic rings. The minimum absolute atomic E-state index is 0.00280. The van der Waals surface area contributed by atoms with Gasteiger partial charge < -0.3 is 31.0 Å². The fourth-order valence-corrected chi connectivity index (χ4v) is 5.15. The second-order valence-electron chi connectivity index (χ2n) is 10.7. The Morgan fingerprint density at radius 1 is 1.04 bits per heavy atom. The van der Waals surface area contributed by atoms with Crippen molar-refractivity contribution in [3.05, 3.63) is 72.8 Å². The van der Waals surface area contributed by atoms with Crippen LogP contribution in [0.2, 0.25) is 0 Å². The smallest absolute Gasteiger partial charge is 0.325 e. The van der Waals surface area contributed by atoms with Crippen LogP contribution in [0.3, 0.4) is 0 Å². The van der Waals surface area contributed by atoms with Crippen LogP contribution in [0, 0.1) is 0 Å². The van der Waals surface area contributed by atoms with Crippen molar-refractivity contribution in [3.8, 4) is 11.5 Å². The van der Waals surface area contributed by atoms with Crippen molar-refractivity contribution in [1.82, 2.24) is 20.7 Å². The molecule has 0 aliphatic carbocycles. The van der Waals surface area contributed by atoms with Crippen LogP contribution in [-0.2, 0) is 28.7 Å². The summed E-state index contributed by atoms with van der Waals surface area (Å²) in [6, 6.07) is 11.4. The van der Waals surface area contributed by atoms with E-state index in [1.54, 1.807) is 36.4 Å². The minimum Gasteiger partial charge on any atom is -0.461 e. The Hall–Kier alpha value is -5.82. The Morgan fingerprint density at radius 3 is 2.47 bits per heavy atom. The number of hydrogen-bond acceptors (Lipinski definition) is 8. The highest BCUT2D eigenvalue weighted by Crippen LogP contribution is 2.26. The molecule has 0 unspecified atom stereocenters. The van der Waals surface area contributed by atoms with E-state index in [1.165, 1.54) is 11.1 Å². The zero-order valence-corrected chi connectivity index (χ0v) is 25.5. The van der Waals surface area contributed by atoms with E-state index >= 15 is 0 Å². The second-order valence-corrected chi connectivity index (χ2v) is 10.7. The fourth-order valence-electron chi connectivity index (χ4n) is 5.15. The van der Waals surface area contributed by atoms with Gasteiger partial charge in [0.1, 0.15) is 30.2 Å². The molecule has 0 aromatic heterocycles. The predicted octanol–water partition coefficient (Wildman–Crippen LogP) is 2.36. The molecule has 2 aromatic carbocycles. The Kier molecular flexibility index (Phi) is 11.9. The Balaban J connectivity index is 1.42. The van der Waals surface area contributed by atoms with Gasteiger partial charge in [0.25, 0.3) is 11.7 Å². The first-order valence-electron chi connectivity index (χ1n) is 15.0. The highest BCUT2D eigenvalue weighted by molar-refractivity contribution is 6.28. The number of hydrogen-bond donors (Lipinski definition) is 3. The maximum absolute atomic E-state index is 13.8. The molecule has 2 aliphatic rings. The molecule has 2 heterocycles. The lowest BCUT2D eigenvalue weighted by Gasteiger charge is -2.43. The lowest BCUT2D eigenvalue weighted by atomic mass is 10.0. The van der Waals surface area contributed by atoms with Crippen LogP contribution in [-0.4, -0.2) is 87.8 Å². The van der Waals surface area contributed by atoms with E-state index in [0.717, 1.165) is 5.01 Å². The number of para-hydroxylation sites is 1. The minimum atomic E-state index is -1.29. The molecule has 4 rings (SSSR count). The van der Waals surface area contributed by atoms with Crippen molar-refractivity contribution < 1.29 is 43.0 Å². The molecule has 2 fully saturated rings. The highest BCUT2D eigenvalue weighted by Gasteiger charge is 2.45. The van der Waals surface area contributed by atoms with Gasteiger partial charge >= 0.3 is 18.2 Å². The summed E-state index contributed by atoms with van der Waals surface area (Å²) < 4.78 is 10.7. The monoisotopic (exact) mass is 645 g/mol. The van der Waals surface area contributed by atoms with E-state index in [-0.39, 0.29) is 45.3 Å². The van der Waals surface area contributed by atoms with Crippen molar-refractivity contribution in [2.24, 2.45) is 0 Å². The number of rotatable bonds is 13. The van der Waals surface area contributed by atoms with Crippen LogP contribution in [0.5, 0.6) is 11.5 Å². The van der Waals surface area contributed by atoms with E-state index in [4.69, 9.17) is 15.0 Å². The first-order valence-corrected chi connectivity index (χ1v) is 15.0. The molecule has 3 atom stereocenters. The standard InChI is InChI=1S/C32H35N7O8/c1-2-19-46-29(42)17-15-24(27(40)20-34-33)36-30(43)26-9-6-18-38-28(41)16-14-25(31(44)39(26)38)37-32(45)35-21-10-12-23(13-11-21)47-22-7-4-3-5-8-22/h2-5,7-8,10-13,20,24-26H,1,6,9,14-19H2,(H,36,43)(H2,35,37,45)/t24-,25-,26-/m0/s1. The summed E-state index contributed by atoms with van der Waals surface area (Å²) in [6.45, 7) is 3.60. The number of esters is 1. The first kappa shape index (κ1) is 34.1. The number of carbonyl (C=O) groups excluding carboxylic acids is 6. The van der Waals surface area contributed by atoms with Gasteiger partial charge in [0.05, 0.1) is 6.04 Å². The van der Waals surface area contributed by atoms with Crippen molar-refractivity contribution in [3.63, 3.8) is 0 Å². The summed E-state index contributed by atoms with van der Waals surface area (Å²) in [6.07, 6.45) is 2.03. The summed E-state index contributed by atoms with van der Waals surface area (Å²) in [5.74, 6) is -2.07. The maximum Gasteiger partial charge on any atom is 0.325 e. The van der Waals surface area contributed by atoms with Crippen molar-refractivity contribution in [2.75, 3.05) is 18.5 Å². The average molecular weight is 646 g/mol. The van der Waals surface area contributed by atoms with Crippen LogP contribution in [0.15, 0.2) is 67.3 Å². The molecule has 0 bridgehead atoms. The molecule has 15 nitrogen and oxygen atoms in total. The summed E-state index contributed by atoms with van der Waals surface area (Å²) in [7, 11) is 0. The SMILES string of the molecule is C=CCOC(=O)CC[C@H](NC(=O)[C@@H]1CCCN2C(=O)CC[C@H](NC(=O)Nc3ccc(Oc4ccccc4)cc3)C(=O)N12)C(=O)C=[N+]=[N-]. The third-order valence-corrected chi connectivity index (χ3v) is 7.40. The highest BCUT2D eigenvalue weighted by atomic mass is 16.5. The molecule has 5 amide bonds. The number of anilines is 1. The van der Waals surface area contributed by atoms with Gasteiger partial charge in [-0.1, -0.05) is 30.9 Å². The molecular weight excluding hydrogens is 610 g/mol. The maximum atomic E-state index is 13.8. The van der Waals surface area contributed by atoms with E-state index in [1.807, 2.05) is 18.2 Å². The Bertz CT molecular complexity index is 1540.